The minimum atomic E-state index is 0.651. The Balaban J connectivity index is 1.99. The maximum absolute atomic E-state index is 5.28. The van der Waals surface area contributed by atoms with Crippen LogP contribution in [0, 0.1) is 6.92 Å². The summed E-state index contributed by atoms with van der Waals surface area (Å²) < 4.78 is 6.26. The molecule has 0 amide bonds. The van der Waals surface area contributed by atoms with E-state index in [1.807, 2.05) is 31.3 Å². The highest BCUT2D eigenvalue weighted by Crippen LogP contribution is 2.18. The molecule has 0 aliphatic heterocycles. The molecular formula is C11H11BrN2O. The molecule has 0 aliphatic carbocycles. The highest BCUT2D eigenvalue weighted by atomic mass is 79.9. The minimum Gasteiger partial charge on any atom is -0.466 e. The van der Waals surface area contributed by atoms with E-state index in [4.69, 9.17) is 4.42 Å². The van der Waals surface area contributed by atoms with Crippen molar-refractivity contribution < 1.29 is 4.42 Å². The van der Waals surface area contributed by atoms with Crippen LogP contribution in [0.5, 0.6) is 0 Å². The second-order valence-corrected chi connectivity index (χ2v) is 4.09. The first-order valence-electron chi connectivity index (χ1n) is 4.64. The van der Waals surface area contributed by atoms with Gasteiger partial charge in [0.15, 0.2) is 0 Å². The summed E-state index contributed by atoms with van der Waals surface area (Å²) >= 11 is 3.40. The number of aromatic nitrogens is 1. The molecule has 0 bridgehead atoms. The third-order valence-corrected chi connectivity index (χ3v) is 2.76. The lowest BCUT2D eigenvalue weighted by atomic mass is 10.3. The summed E-state index contributed by atoms with van der Waals surface area (Å²) in [6, 6.07) is 5.85. The van der Waals surface area contributed by atoms with E-state index < -0.39 is 0 Å². The second kappa shape index (κ2) is 4.49. The number of nitrogens with one attached hydrogen (secondary N) is 1. The van der Waals surface area contributed by atoms with Gasteiger partial charge in [-0.2, -0.15) is 0 Å². The van der Waals surface area contributed by atoms with Crippen LogP contribution in [0.4, 0.5) is 5.69 Å². The number of hydrogen-bond donors (Lipinski definition) is 1. The number of rotatable bonds is 3. The van der Waals surface area contributed by atoms with Crippen LogP contribution in [0.25, 0.3) is 0 Å². The zero-order chi connectivity index (χ0) is 10.7. The third kappa shape index (κ3) is 2.59. The number of halogens is 1. The number of pyridine rings is 1. The highest BCUT2D eigenvalue weighted by Gasteiger charge is 2.02. The fourth-order valence-electron chi connectivity index (χ4n) is 1.21. The average Bonchev–Trinajstić information content (AvgIpc) is 2.63. The molecule has 1 N–H and O–H groups in total. The Morgan fingerprint density at radius 3 is 2.87 bits per heavy atom. The van der Waals surface area contributed by atoms with Crippen molar-refractivity contribution in [2.45, 2.75) is 13.5 Å². The molecular weight excluding hydrogens is 256 g/mol. The van der Waals surface area contributed by atoms with Crippen molar-refractivity contribution in [1.82, 2.24) is 4.98 Å². The Labute approximate surface area is 96.6 Å². The van der Waals surface area contributed by atoms with Crippen molar-refractivity contribution in [1.29, 1.82) is 0 Å². The van der Waals surface area contributed by atoms with Gasteiger partial charge < -0.3 is 9.73 Å². The summed E-state index contributed by atoms with van der Waals surface area (Å²) in [5.41, 5.74) is 2.00. The predicted octanol–water partition coefficient (Wildman–Crippen LogP) is 3.36. The van der Waals surface area contributed by atoms with Gasteiger partial charge in [0, 0.05) is 5.69 Å². The van der Waals surface area contributed by atoms with Gasteiger partial charge >= 0.3 is 0 Å². The van der Waals surface area contributed by atoms with Crippen molar-refractivity contribution in [3.63, 3.8) is 0 Å². The third-order valence-electron chi connectivity index (χ3n) is 2.06. The molecule has 2 rings (SSSR count). The van der Waals surface area contributed by atoms with Gasteiger partial charge in [-0.15, -0.1) is 0 Å². The molecule has 0 aliphatic rings. The average molecular weight is 267 g/mol. The fourth-order valence-corrected chi connectivity index (χ4v) is 1.55. The molecule has 4 heteroatoms. The van der Waals surface area contributed by atoms with E-state index >= 15 is 0 Å². The van der Waals surface area contributed by atoms with Gasteiger partial charge in [-0.1, -0.05) is 0 Å². The molecule has 0 unspecified atom stereocenters. The van der Waals surface area contributed by atoms with Crippen LogP contribution < -0.4 is 5.32 Å². The molecule has 0 aromatic carbocycles. The van der Waals surface area contributed by atoms with Crippen molar-refractivity contribution >= 4 is 21.6 Å². The molecule has 2 aromatic heterocycles. The normalized spacial score (nSPS) is 10.3. The highest BCUT2D eigenvalue weighted by molar-refractivity contribution is 9.10. The van der Waals surface area contributed by atoms with Crippen molar-refractivity contribution in [3.8, 4) is 0 Å². The van der Waals surface area contributed by atoms with Crippen LogP contribution in [0.1, 0.15) is 11.5 Å². The van der Waals surface area contributed by atoms with Crippen LogP contribution in [-0.4, -0.2) is 4.98 Å². The van der Waals surface area contributed by atoms with Gasteiger partial charge in [-0.05, 0) is 41.1 Å². The van der Waals surface area contributed by atoms with Crippen molar-refractivity contribution in [3.05, 3.63) is 46.6 Å². The van der Waals surface area contributed by atoms with Crippen LogP contribution in [0.15, 0.2) is 39.5 Å². The second-order valence-electron chi connectivity index (χ2n) is 3.23. The lowest BCUT2D eigenvalue weighted by Crippen LogP contribution is -1.99. The van der Waals surface area contributed by atoms with Gasteiger partial charge in [-0.25, -0.2) is 0 Å². The van der Waals surface area contributed by atoms with E-state index in [1.54, 1.807) is 6.26 Å². The van der Waals surface area contributed by atoms with Gasteiger partial charge in [0.1, 0.15) is 5.76 Å². The van der Waals surface area contributed by atoms with Crippen molar-refractivity contribution in [2.75, 3.05) is 5.32 Å². The number of anilines is 1. The molecule has 0 radical (unpaired) electrons. The number of furan rings is 1. The molecule has 3 nitrogen and oxygen atoms in total. The largest absolute Gasteiger partial charge is 0.466 e. The lowest BCUT2D eigenvalue weighted by Gasteiger charge is -2.04. The summed E-state index contributed by atoms with van der Waals surface area (Å²) in [4.78, 5) is 4.20. The molecule has 15 heavy (non-hydrogen) atoms. The van der Waals surface area contributed by atoms with E-state index in [0.717, 1.165) is 21.6 Å². The number of hydrogen-bond acceptors (Lipinski definition) is 3. The Morgan fingerprint density at radius 1 is 1.40 bits per heavy atom. The first-order valence-corrected chi connectivity index (χ1v) is 5.43. The van der Waals surface area contributed by atoms with E-state index in [9.17, 15) is 0 Å². The predicted molar refractivity (Wildman–Crippen MR) is 62.7 cm³/mol. The van der Waals surface area contributed by atoms with Crippen LogP contribution in [0.3, 0.4) is 0 Å². The van der Waals surface area contributed by atoms with E-state index in [1.165, 1.54) is 0 Å². The van der Waals surface area contributed by atoms with Crippen LogP contribution in [-0.2, 0) is 6.54 Å². The maximum Gasteiger partial charge on any atom is 0.136 e. The monoisotopic (exact) mass is 266 g/mol. The van der Waals surface area contributed by atoms with E-state index in [-0.39, 0.29) is 0 Å². The Morgan fingerprint density at radius 2 is 2.27 bits per heavy atom. The van der Waals surface area contributed by atoms with E-state index in [2.05, 4.69) is 26.2 Å². The topological polar surface area (TPSA) is 38.1 Å². The van der Waals surface area contributed by atoms with Crippen LogP contribution in [0.2, 0.25) is 0 Å². The SMILES string of the molecule is Cc1ccc(NCc2occc2Br)cn1. The van der Waals surface area contributed by atoms with E-state index in [0.29, 0.717) is 6.54 Å². The van der Waals surface area contributed by atoms with Crippen LogP contribution >= 0.6 is 15.9 Å². The minimum absolute atomic E-state index is 0.651. The summed E-state index contributed by atoms with van der Waals surface area (Å²) in [5.74, 6) is 0.885. The van der Waals surface area contributed by atoms with Gasteiger partial charge in [0.2, 0.25) is 0 Å². The molecule has 2 heterocycles. The first-order chi connectivity index (χ1) is 7.25. The Kier molecular flexibility index (Phi) is 3.06. The van der Waals surface area contributed by atoms with Gasteiger partial charge in [0.05, 0.1) is 29.2 Å². The Hall–Kier alpha value is -1.29. The molecule has 78 valence electrons. The zero-order valence-electron chi connectivity index (χ0n) is 8.33. The fraction of sp³-hybridized carbons (Fsp3) is 0.182. The quantitative estimate of drug-likeness (QED) is 0.926. The first kappa shape index (κ1) is 10.2. The standard InChI is InChI=1S/C11H11BrN2O/c1-8-2-3-9(6-13-8)14-7-11-10(12)4-5-15-11/h2-6,14H,7H2,1H3. The van der Waals surface area contributed by atoms with Crippen molar-refractivity contribution in [2.24, 2.45) is 0 Å². The van der Waals surface area contributed by atoms with Gasteiger partial charge in [0.25, 0.3) is 0 Å². The molecule has 0 fully saturated rings. The summed E-state index contributed by atoms with van der Waals surface area (Å²) in [6.45, 7) is 2.62. The summed E-state index contributed by atoms with van der Waals surface area (Å²) in [5, 5.41) is 3.23. The number of nitrogens with zero attached hydrogens (tertiary/aromatic N) is 1. The molecule has 0 spiro atoms. The molecule has 0 atom stereocenters. The smallest absolute Gasteiger partial charge is 0.136 e. The summed E-state index contributed by atoms with van der Waals surface area (Å²) in [6.07, 6.45) is 3.47. The Bertz CT molecular complexity index is 436. The molecule has 0 saturated carbocycles. The molecule has 2 aromatic rings. The van der Waals surface area contributed by atoms with Gasteiger partial charge in [-0.3, -0.25) is 4.98 Å². The summed E-state index contributed by atoms with van der Waals surface area (Å²) in [7, 11) is 0. The molecule has 0 saturated heterocycles. The lowest BCUT2D eigenvalue weighted by molar-refractivity contribution is 0.516. The zero-order valence-corrected chi connectivity index (χ0v) is 9.91. The number of aryl methyl sites for hydroxylation is 1. The maximum atomic E-state index is 5.28.